The highest BCUT2D eigenvalue weighted by atomic mass is 16.7. The molecule has 2 N–H and O–H groups in total. The Labute approximate surface area is 191 Å². The highest BCUT2D eigenvalue weighted by molar-refractivity contribution is 5.68. The van der Waals surface area contributed by atoms with Crippen LogP contribution in [0.5, 0.6) is 0 Å². The summed E-state index contributed by atoms with van der Waals surface area (Å²) in [7, 11) is 3.38. The third-order valence-corrected chi connectivity index (χ3v) is 5.72. The van der Waals surface area contributed by atoms with Crippen molar-refractivity contribution < 1.29 is 33.3 Å². The minimum Gasteiger partial charge on any atom is -0.444 e. The van der Waals surface area contributed by atoms with E-state index >= 15 is 0 Å². The fourth-order valence-corrected chi connectivity index (χ4v) is 4.18. The quantitative estimate of drug-likeness (QED) is 0.480. The second-order valence-corrected chi connectivity index (χ2v) is 9.59. The fraction of sp³-hybridized carbons (Fsp3) is 0.909. The molecule has 1 aliphatic carbocycles. The summed E-state index contributed by atoms with van der Waals surface area (Å²) in [6.07, 6.45) is 3.60. The molecular weight excluding hydrogens is 418 g/mol. The molecule has 1 saturated carbocycles. The average Bonchev–Trinajstić information content (AvgIpc) is 2.68. The van der Waals surface area contributed by atoms with Gasteiger partial charge in [-0.25, -0.2) is 14.6 Å². The van der Waals surface area contributed by atoms with Crippen LogP contribution in [0.4, 0.5) is 9.59 Å². The number of amides is 2. The number of hydrazine groups is 1. The van der Waals surface area contributed by atoms with E-state index in [1.165, 1.54) is 0 Å². The van der Waals surface area contributed by atoms with Crippen LogP contribution in [0.1, 0.15) is 66.2 Å². The lowest BCUT2D eigenvalue weighted by Gasteiger charge is -2.38. The molecule has 2 amide bonds. The van der Waals surface area contributed by atoms with E-state index in [1.54, 1.807) is 19.0 Å². The van der Waals surface area contributed by atoms with Gasteiger partial charge in [-0.2, -0.15) is 0 Å². The Morgan fingerprint density at radius 1 is 1.28 bits per heavy atom. The van der Waals surface area contributed by atoms with Gasteiger partial charge in [0.25, 0.3) is 0 Å². The molecule has 1 aliphatic heterocycles. The van der Waals surface area contributed by atoms with Crippen molar-refractivity contribution in [3.05, 3.63) is 0 Å². The molecule has 186 valence electrons. The van der Waals surface area contributed by atoms with Crippen molar-refractivity contribution in [1.82, 2.24) is 15.8 Å². The zero-order valence-corrected chi connectivity index (χ0v) is 20.3. The first-order valence-electron chi connectivity index (χ1n) is 11.5. The van der Waals surface area contributed by atoms with Gasteiger partial charge in [0.1, 0.15) is 18.5 Å². The van der Waals surface area contributed by atoms with Crippen LogP contribution in [-0.2, 0) is 23.7 Å². The number of methoxy groups -OCH3 is 1. The van der Waals surface area contributed by atoms with Crippen LogP contribution < -0.4 is 10.7 Å². The molecule has 4 unspecified atom stereocenters. The molecule has 0 radical (unpaired) electrons. The highest BCUT2D eigenvalue weighted by Gasteiger charge is 2.35. The summed E-state index contributed by atoms with van der Waals surface area (Å²) >= 11 is 0. The molecule has 10 nitrogen and oxygen atoms in total. The third-order valence-electron chi connectivity index (χ3n) is 5.72. The van der Waals surface area contributed by atoms with E-state index in [0.29, 0.717) is 19.4 Å². The summed E-state index contributed by atoms with van der Waals surface area (Å²) in [4.78, 5) is 24.1. The topological polar surface area (TPSA) is 108 Å². The van der Waals surface area contributed by atoms with Gasteiger partial charge in [0.05, 0.1) is 12.6 Å². The maximum Gasteiger partial charge on any atom is 0.422 e. The first-order valence-corrected chi connectivity index (χ1v) is 11.5. The van der Waals surface area contributed by atoms with E-state index < -0.39 is 17.8 Å². The van der Waals surface area contributed by atoms with Gasteiger partial charge in [-0.15, -0.1) is 0 Å². The number of alkyl carbamates (subject to hydrolysis) is 1. The maximum atomic E-state index is 12.4. The molecule has 0 aromatic carbocycles. The van der Waals surface area contributed by atoms with Crippen molar-refractivity contribution in [2.75, 3.05) is 27.5 Å². The van der Waals surface area contributed by atoms with Crippen LogP contribution in [-0.4, -0.2) is 74.8 Å². The molecule has 0 spiro atoms. The zero-order valence-electron chi connectivity index (χ0n) is 20.3. The minimum atomic E-state index is -0.556. The third kappa shape index (κ3) is 9.48. The van der Waals surface area contributed by atoms with Crippen molar-refractivity contribution in [2.24, 2.45) is 5.92 Å². The molecule has 2 rings (SSSR count). The molecule has 0 bridgehead atoms. The molecule has 32 heavy (non-hydrogen) atoms. The molecule has 5 atom stereocenters. The SMILES string of the molecule is COC(C)OCOC(CC[C@H]1CN(C)NC(=O)O1)C1CCCCC1NC(=O)OC(C)(C)C. The second kappa shape index (κ2) is 12.6. The van der Waals surface area contributed by atoms with Gasteiger partial charge in [-0.1, -0.05) is 12.8 Å². The zero-order chi connectivity index (χ0) is 23.7. The average molecular weight is 460 g/mol. The molecule has 1 heterocycles. The van der Waals surface area contributed by atoms with Gasteiger partial charge in [0, 0.05) is 26.1 Å². The van der Waals surface area contributed by atoms with Crippen LogP contribution in [0.25, 0.3) is 0 Å². The first kappa shape index (κ1) is 26.6. The van der Waals surface area contributed by atoms with Crippen LogP contribution >= 0.6 is 0 Å². The minimum absolute atomic E-state index is 0.0540. The Balaban J connectivity index is 2.03. The summed E-state index contributed by atoms with van der Waals surface area (Å²) in [6, 6.07) is -0.0540. The second-order valence-electron chi connectivity index (χ2n) is 9.59. The van der Waals surface area contributed by atoms with Crippen molar-refractivity contribution >= 4 is 12.2 Å². The molecule has 10 heteroatoms. The van der Waals surface area contributed by atoms with E-state index in [0.717, 1.165) is 25.7 Å². The summed E-state index contributed by atoms with van der Waals surface area (Å²) in [5.41, 5.74) is 2.05. The predicted molar refractivity (Wildman–Crippen MR) is 118 cm³/mol. The monoisotopic (exact) mass is 459 g/mol. The van der Waals surface area contributed by atoms with E-state index in [1.807, 2.05) is 27.8 Å². The molecule has 2 fully saturated rings. The van der Waals surface area contributed by atoms with Gasteiger partial charge in [0.2, 0.25) is 0 Å². The lowest BCUT2D eigenvalue weighted by atomic mass is 9.79. The van der Waals surface area contributed by atoms with Gasteiger partial charge >= 0.3 is 12.2 Å². The molecule has 0 aromatic heterocycles. The fourth-order valence-electron chi connectivity index (χ4n) is 4.18. The smallest absolute Gasteiger partial charge is 0.422 e. The van der Waals surface area contributed by atoms with Gasteiger partial charge in [0.15, 0.2) is 6.29 Å². The van der Waals surface area contributed by atoms with Crippen molar-refractivity contribution in [2.45, 2.75) is 96.4 Å². The summed E-state index contributed by atoms with van der Waals surface area (Å²) in [5, 5.41) is 4.78. The van der Waals surface area contributed by atoms with E-state index in [2.05, 4.69) is 10.7 Å². The van der Waals surface area contributed by atoms with Crippen molar-refractivity contribution in [3.8, 4) is 0 Å². The van der Waals surface area contributed by atoms with Crippen LogP contribution in [0.3, 0.4) is 0 Å². The summed E-state index contributed by atoms with van der Waals surface area (Å²) in [6.45, 7) is 8.03. The number of hydrogen-bond donors (Lipinski definition) is 2. The standard InChI is InChI=1S/C22H41N3O7/c1-15(28-6)29-14-30-19(12-11-16-13-25(5)24-21(27)31-16)17-9-7-8-10-18(17)23-20(26)32-22(2,3)4/h15-19H,7-14H2,1-6H3,(H,23,26)(H,24,27)/t15?,16-,17?,18?,19?/m0/s1. The number of ether oxygens (including phenoxy) is 5. The number of carbonyl (C=O) groups excluding carboxylic acids is 2. The summed E-state index contributed by atoms with van der Waals surface area (Å²) < 4.78 is 27.7. The Morgan fingerprint density at radius 2 is 2.00 bits per heavy atom. The number of nitrogens with one attached hydrogen (secondary N) is 2. The van der Waals surface area contributed by atoms with Crippen LogP contribution in [0.15, 0.2) is 0 Å². The Kier molecular flexibility index (Phi) is 10.5. The Bertz CT molecular complexity index is 599. The molecule has 2 aliphatic rings. The Morgan fingerprint density at radius 3 is 2.66 bits per heavy atom. The van der Waals surface area contributed by atoms with Gasteiger partial charge in [-0.05, 0) is 53.4 Å². The van der Waals surface area contributed by atoms with Gasteiger partial charge in [-0.3, -0.25) is 5.43 Å². The number of hydrogen-bond acceptors (Lipinski definition) is 8. The number of carbonyl (C=O) groups is 2. The molecular formula is C22H41N3O7. The van der Waals surface area contributed by atoms with E-state index in [4.69, 9.17) is 23.7 Å². The number of rotatable bonds is 10. The van der Waals surface area contributed by atoms with E-state index in [-0.39, 0.29) is 37.3 Å². The lowest BCUT2D eigenvalue weighted by molar-refractivity contribution is -0.198. The molecule has 0 aromatic rings. The van der Waals surface area contributed by atoms with Crippen molar-refractivity contribution in [1.29, 1.82) is 0 Å². The highest BCUT2D eigenvalue weighted by Crippen LogP contribution is 2.32. The predicted octanol–water partition coefficient (Wildman–Crippen LogP) is 3.16. The first-order chi connectivity index (χ1) is 15.1. The van der Waals surface area contributed by atoms with Crippen molar-refractivity contribution in [3.63, 3.8) is 0 Å². The van der Waals surface area contributed by atoms with Gasteiger partial charge < -0.3 is 29.0 Å². The Hall–Kier alpha value is -1.62. The number of likely N-dealkylation sites (N-methyl/N-ethyl adjacent to an activating group) is 1. The van der Waals surface area contributed by atoms with E-state index in [9.17, 15) is 9.59 Å². The van der Waals surface area contributed by atoms with Crippen LogP contribution in [0.2, 0.25) is 0 Å². The molecule has 1 saturated heterocycles. The summed E-state index contributed by atoms with van der Waals surface area (Å²) in [5.74, 6) is 0.105. The van der Waals surface area contributed by atoms with Crippen LogP contribution in [0, 0.1) is 5.92 Å². The lowest BCUT2D eigenvalue weighted by Crippen LogP contribution is -2.52. The number of nitrogens with zero attached hydrogens (tertiary/aromatic N) is 1. The largest absolute Gasteiger partial charge is 0.444 e. The normalized spacial score (nSPS) is 26.6. The number of cyclic esters (lactones) is 1. The maximum absolute atomic E-state index is 12.4.